The van der Waals surface area contributed by atoms with Crippen LogP contribution >= 0.6 is 0 Å². The molecule has 21 heavy (non-hydrogen) atoms. The Bertz CT molecular complexity index is 476. The molecule has 1 fully saturated rings. The molecule has 0 aromatic heterocycles. The average molecular weight is 289 g/mol. The summed E-state index contributed by atoms with van der Waals surface area (Å²) in [4.78, 5) is 23.6. The van der Waals surface area contributed by atoms with Gasteiger partial charge in [-0.05, 0) is 30.9 Å². The van der Waals surface area contributed by atoms with E-state index >= 15 is 0 Å². The molecule has 0 aliphatic heterocycles. The first kappa shape index (κ1) is 15.5. The number of amides is 2. The minimum absolute atomic E-state index is 0.0272. The van der Waals surface area contributed by atoms with Crippen molar-refractivity contribution >= 4 is 11.8 Å². The van der Waals surface area contributed by atoms with Gasteiger partial charge in [-0.15, -0.1) is 0 Å². The lowest BCUT2D eigenvalue weighted by Crippen LogP contribution is -2.44. The van der Waals surface area contributed by atoms with Crippen LogP contribution in [0.25, 0.3) is 0 Å². The van der Waals surface area contributed by atoms with Crippen molar-refractivity contribution in [2.45, 2.75) is 31.7 Å². The zero-order valence-corrected chi connectivity index (χ0v) is 12.2. The zero-order chi connectivity index (χ0) is 15.1. The molecule has 5 heteroatoms. The smallest absolute Gasteiger partial charge is 0.239 e. The van der Waals surface area contributed by atoms with Crippen LogP contribution in [0.2, 0.25) is 0 Å². The van der Waals surface area contributed by atoms with Crippen molar-refractivity contribution in [2.24, 2.45) is 11.7 Å². The van der Waals surface area contributed by atoms with E-state index in [4.69, 9.17) is 5.73 Å². The highest BCUT2D eigenvalue weighted by Gasteiger charge is 2.27. The minimum atomic E-state index is -0.141. The van der Waals surface area contributed by atoms with Gasteiger partial charge in [0.2, 0.25) is 11.8 Å². The van der Waals surface area contributed by atoms with E-state index in [-0.39, 0.29) is 24.4 Å². The third kappa shape index (κ3) is 4.86. The molecule has 1 aliphatic carbocycles. The number of carbonyl (C=O) groups excluding carboxylic acids is 2. The Hall–Kier alpha value is -1.88. The second-order valence-corrected chi connectivity index (χ2v) is 5.54. The van der Waals surface area contributed by atoms with E-state index in [9.17, 15) is 9.59 Å². The van der Waals surface area contributed by atoms with Gasteiger partial charge in [0, 0.05) is 6.04 Å². The van der Waals surface area contributed by atoms with E-state index in [1.54, 1.807) is 0 Å². The van der Waals surface area contributed by atoms with Gasteiger partial charge in [0.15, 0.2) is 0 Å². The lowest BCUT2D eigenvalue weighted by molar-refractivity contribution is -0.126. The topological polar surface area (TPSA) is 84.2 Å². The molecule has 0 saturated heterocycles. The molecule has 2 unspecified atom stereocenters. The van der Waals surface area contributed by atoms with Crippen LogP contribution in [0, 0.1) is 5.92 Å². The average Bonchev–Trinajstić information content (AvgIpc) is 2.93. The van der Waals surface area contributed by atoms with Crippen molar-refractivity contribution in [1.29, 1.82) is 0 Å². The molecule has 4 N–H and O–H groups in total. The van der Waals surface area contributed by atoms with E-state index in [2.05, 4.69) is 10.6 Å². The standard InChI is InChI=1S/C16H23N3O2/c17-10-13-7-4-8-14(13)19-16(21)11-18-15(20)9-12-5-2-1-3-6-12/h1-3,5-6,13-14H,4,7-11,17H2,(H,18,20)(H,19,21). The van der Waals surface area contributed by atoms with Crippen LogP contribution in [0.3, 0.4) is 0 Å². The van der Waals surface area contributed by atoms with Gasteiger partial charge in [0.05, 0.1) is 13.0 Å². The molecule has 5 nitrogen and oxygen atoms in total. The van der Waals surface area contributed by atoms with Crippen LogP contribution < -0.4 is 16.4 Å². The maximum absolute atomic E-state index is 11.9. The number of benzene rings is 1. The van der Waals surface area contributed by atoms with Crippen molar-refractivity contribution in [2.75, 3.05) is 13.1 Å². The molecule has 0 bridgehead atoms. The van der Waals surface area contributed by atoms with E-state index in [1.165, 1.54) is 0 Å². The molecule has 0 spiro atoms. The first-order valence-electron chi connectivity index (χ1n) is 7.49. The molecule has 2 atom stereocenters. The summed E-state index contributed by atoms with van der Waals surface area (Å²) in [6.07, 6.45) is 3.45. The summed E-state index contributed by atoms with van der Waals surface area (Å²) in [5.41, 5.74) is 6.63. The fourth-order valence-electron chi connectivity index (χ4n) is 2.79. The van der Waals surface area contributed by atoms with Gasteiger partial charge >= 0.3 is 0 Å². The Morgan fingerprint density at radius 1 is 1.14 bits per heavy atom. The Balaban J connectivity index is 1.70. The van der Waals surface area contributed by atoms with E-state index < -0.39 is 0 Å². The fraction of sp³-hybridized carbons (Fsp3) is 0.500. The quantitative estimate of drug-likeness (QED) is 0.716. The first-order chi connectivity index (χ1) is 10.2. The van der Waals surface area contributed by atoms with Crippen LogP contribution in [0.1, 0.15) is 24.8 Å². The highest BCUT2D eigenvalue weighted by molar-refractivity contribution is 5.85. The van der Waals surface area contributed by atoms with Crippen LogP contribution in [-0.4, -0.2) is 30.9 Å². The fourth-order valence-corrected chi connectivity index (χ4v) is 2.79. The van der Waals surface area contributed by atoms with Crippen molar-refractivity contribution in [1.82, 2.24) is 10.6 Å². The number of nitrogens with one attached hydrogen (secondary N) is 2. The summed E-state index contributed by atoms with van der Waals surface area (Å²) in [7, 11) is 0. The molecule has 2 amide bonds. The maximum Gasteiger partial charge on any atom is 0.239 e. The third-order valence-electron chi connectivity index (χ3n) is 3.96. The van der Waals surface area contributed by atoms with Crippen molar-refractivity contribution in [3.05, 3.63) is 35.9 Å². The summed E-state index contributed by atoms with van der Waals surface area (Å²) in [6.45, 7) is 0.630. The van der Waals surface area contributed by atoms with Gasteiger partial charge in [0.1, 0.15) is 0 Å². The second-order valence-electron chi connectivity index (χ2n) is 5.54. The van der Waals surface area contributed by atoms with Crippen LogP contribution in [0.5, 0.6) is 0 Å². The number of rotatable bonds is 6. The normalized spacial score (nSPS) is 21.0. The van der Waals surface area contributed by atoms with Crippen LogP contribution in [0.15, 0.2) is 30.3 Å². The van der Waals surface area contributed by atoms with Gasteiger partial charge in [-0.1, -0.05) is 36.8 Å². The van der Waals surface area contributed by atoms with Gasteiger partial charge in [0.25, 0.3) is 0 Å². The molecule has 114 valence electrons. The van der Waals surface area contributed by atoms with Crippen molar-refractivity contribution in [3.8, 4) is 0 Å². The summed E-state index contributed by atoms with van der Waals surface area (Å²) < 4.78 is 0. The molecular formula is C16H23N3O2. The molecule has 1 saturated carbocycles. The number of hydrogen-bond acceptors (Lipinski definition) is 3. The van der Waals surface area contributed by atoms with Crippen LogP contribution in [-0.2, 0) is 16.0 Å². The minimum Gasteiger partial charge on any atom is -0.352 e. The first-order valence-corrected chi connectivity index (χ1v) is 7.49. The lowest BCUT2D eigenvalue weighted by Gasteiger charge is -2.19. The molecule has 1 aromatic carbocycles. The Labute approximate surface area is 125 Å². The molecule has 2 rings (SSSR count). The Morgan fingerprint density at radius 2 is 1.90 bits per heavy atom. The van der Waals surface area contributed by atoms with Gasteiger partial charge in [-0.3, -0.25) is 9.59 Å². The predicted octanol–water partition coefficient (Wildman–Crippen LogP) is 0.589. The molecule has 0 heterocycles. The predicted molar refractivity (Wildman–Crippen MR) is 81.5 cm³/mol. The number of carbonyl (C=O) groups is 2. The molecule has 1 aliphatic rings. The number of hydrogen-bond donors (Lipinski definition) is 3. The molecular weight excluding hydrogens is 266 g/mol. The van der Waals surface area contributed by atoms with Gasteiger partial charge < -0.3 is 16.4 Å². The van der Waals surface area contributed by atoms with Crippen molar-refractivity contribution < 1.29 is 9.59 Å². The van der Waals surface area contributed by atoms with Gasteiger partial charge in [-0.25, -0.2) is 0 Å². The summed E-state index contributed by atoms with van der Waals surface area (Å²) >= 11 is 0. The summed E-state index contributed by atoms with van der Waals surface area (Å²) in [5.74, 6) is 0.0916. The van der Waals surface area contributed by atoms with Crippen LogP contribution in [0.4, 0.5) is 0 Å². The molecule has 1 aromatic rings. The van der Waals surface area contributed by atoms with E-state index in [1.807, 2.05) is 30.3 Å². The van der Waals surface area contributed by atoms with Gasteiger partial charge in [-0.2, -0.15) is 0 Å². The Kier molecular flexibility index (Phi) is 5.75. The second kappa shape index (κ2) is 7.78. The highest BCUT2D eigenvalue weighted by Crippen LogP contribution is 2.24. The zero-order valence-electron chi connectivity index (χ0n) is 12.2. The summed E-state index contributed by atoms with van der Waals surface area (Å²) in [5, 5.41) is 5.62. The maximum atomic E-state index is 11.9. The SMILES string of the molecule is NCC1CCCC1NC(=O)CNC(=O)Cc1ccccc1. The van der Waals surface area contributed by atoms with E-state index in [0.717, 1.165) is 24.8 Å². The summed E-state index contributed by atoms with van der Waals surface area (Å²) in [6, 6.07) is 9.64. The lowest BCUT2D eigenvalue weighted by atomic mass is 10.0. The largest absolute Gasteiger partial charge is 0.352 e. The molecule has 0 radical (unpaired) electrons. The highest BCUT2D eigenvalue weighted by atomic mass is 16.2. The van der Waals surface area contributed by atoms with Crippen molar-refractivity contribution in [3.63, 3.8) is 0 Å². The van der Waals surface area contributed by atoms with E-state index in [0.29, 0.717) is 18.9 Å². The third-order valence-corrected chi connectivity index (χ3v) is 3.96. The Morgan fingerprint density at radius 3 is 2.62 bits per heavy atom. The monoisotopic (exact) mass is 289 g/mol. The number of nitrogens with two attached hydrogens (primary N) is 1.